The number of carbonyl (C=O) groups is 1. The molecule has 0 radical (unpaired) electrons. The van der Waals surface area contributed by atoms with Gasteiger partial charge in [-0.1, -0.05) is 24.3 Å². The van der Waals surface area contributed by atoms with Gasteiger partial charge in [0.05, 0.1) is 11.9 Å². The highest BCUT2D eigenvalue weighted by molar-refractivity contribution is 7.09. The number of nitrogens with zero attached hydrogens (tertiary/aromatic N) is 2. The van der Waals surface area contributed by atoms with Crippen LogP contribution >= 0.6 is 11.3 Å². The number of thiophene rings is 1. The third-order valence-corrected chi connectivity index (χ3v) is 4.26. The van der Waals surface area contributed by atoms with E-state index in [1.165, 1.54) is 4.88 Å². The van der Waals surface area contributed by atoms with Crippen molar-refractivity contribution in [3.8, 4) is 5.69 Å². The first-order valence-electron chi connectivity index (χ1n) is 7.19. The molecule has 0 saturated heterocycles. The fourth-order valence-electron chi connectivity index (χ4n) is 2.15. The van der Waals surface area contributed by atoms with E-state index >= 15 is 0 Å². The molecule has 0 fully saturated rings. The van der Waals surface area contributed by atoms with Crippen LogP contribution in [0.5, 0.6) is 0 Å². The Labute approximate surface area is 133 Å². The third-order valence-electron chi connectivity index (χ3n) is 3.33. The highest BCUT2D eigenvalue weighted by atomic mass is 32.1. The van der Waals surface area contributed by atoms with Crippen LogP contribution in [-0.2, 0) is 17.8 Å². The van der Waals surface area contributed by atoms with Gasteiger partial charge in [-0.2, -0.15) is 5.10 Å². The van der Waals surface area contributed by atoms with E-state index in [9.17, 15) is 4.79 Å². The molecular formula is C17H17N3OS. The van der Waals surface area contributed by atoms with Crippen LogP contribution in [0, 0.1) is 0 Å². The minimum absolute atomic E-state index is 0.0702. The van der Waals surface area contributed by atoms with Crippen LogP contribution in [0.4, 0.5) is 0 Å². The summed E-state index contributed by atoms with van der Waals surface area (Å²) < 4.78 is 1.81. The van der Waals surface area contributed by atoms with Gasteiger partial charge in [0.25, 0.3) is 0 Å². The molecule has 3 rings (SSSR count). The number of para-hydroxylation sites is 1. The average Bonchev–Trinajstić information content (AvgIpc) is 3.23. The number of carbonyl (C=O) groups excluding carboxylic acids is 1. The van der Waals surface area contributed by atoms with Crippen molar-refractivity contribution in [3.05, 3.63) is 70.7 Å². The van der Waals surface area contributed by atoms with E-state index in [1.54, 1.807) is 17.5 Å². The molecular weight excluding hydrogens is 294 g/mol. The minimum Gasteiger partial charge on any atom is -0.352 e. The molecule has 0 atom stereocenters. The van der Waals surface area contributed by atoms with Gasteiger partial charge in [-0.25, -0.2) is 4.68 Å². The summed E-state index contributed by atoms with van der Waals surface area (Å²) in [6, 6.07) is 14.0. The van der Waals surface area contributed by atoms with Gasteiger partial charge in [-0.05, 0) is 30.0 Å². The van der Waals surface area contributed by atoms with Crippen LogP contribution in [0.1, 0.15) is 16.9 Å². The predicted octanol–water partition coefficient (Wildman–Crippen LogP) is 3.18. The Hall–Kier alpha value is -2.40. The van der Waals surface area contributed by atoms with Gasteiger partial charge in [-0.15, -0.1) is 11.3 Å². The summed E-state index contributed by atoms with van der Waals surface area (Å²) in [6.07, 6.45) is 5.04. The summed E-state index contributed by atoms with van der Waals surface area (Å²) in [5.74, 6) is 0.0702. The Balaban J connectivity index is 1.49. The lowest BCUT2D eigenvalue weighted by atomic mass is 10.2. The number of aromatic nitrogens is 2. The molecule has 1 N–H and O–H groups in total. The topological polar surface area (TPSA) is 46.9 Å². The highest BCUT2D eigenvalue weighted by Gasteiger charge is 2.05. The van der Waals surface area contributed by atoms with Crippen molar-refractivity contribution in [3.63, 3.8) is 0 Å². The predicted molar refractivity (Wildman–Crippen MR) is 88.1 cm³/mol. The van der Waals surface area contributed by atoms with E-state index in [2.05, 4.69) is 16.5 Å². The molecule has 0 aliphatic rings. The Kier molecular flexibility index (Phi) is 4.65. The van der Waals surface area contributed by atoms with Crippen molar-refractivity contribution in [2.45, 2.75) is 19.4 Å². The zero-order valence-electron chi connectivity index (χ0n) is 12.1. The first-order valence-corrected chi connectivity index (χ1v) is 8.07. The lowest BCUT2D eigenvalue weighted by Gasteiger charge is -2.03. The molecule has 5 heteroatoms. The summed E-state index contributed by atoms with van der Waals surface area (Å²) in [4.78, 5) is 13.1. The first kappa shape index (κ1) is 14.5. The van der Waals surface area contributed by atoms with E-state index in [-0.39, 0.29) is 5.91 Å². The van der Waals surface area contributed by atoms with Crippen molar-refractivity contribution in [1.29, 1.82) is 0 Å². The van der Waals surface area contributed by atoms with Crippen LogP contribution < -0.4 is 5.32 Å². The van der Waals surface area contributed by atoms with Gasteiger partial charge in [0.2, 0.25) is 5.91 Å². The van der Waals surface area contributed by atoms with Crippen LogP contribution in [0.3, 0.4) is 0 Å². The maximum absolute atomic E-state index is 11.9. The normalized spacial score (nSPS) is 10.5. The largest absolute Gasteiger partial charge is 0.352 e. The summed E-state index contributed by atoms with van der Waals surface area (Å²) in [5.41, 5.74) is 2.01. The highest BCUT2D eigenvalue weighted by Crippen LogP contribution is 2.11. The summed E-state index contributed by atoms with van der Waals surface area (Å²) in [7, 11) is 0. The number of aryl methyl sites for hydroxylation is 1. The van der Waals surface area contributed by atoms with Crippen molar-refractivity contribution in [2.75, 3.05) is 0 Å². The number of hydrogen-bond donors (Lipinski definition) is 1. The molecule has 3 aromatic rings. The fourth-order valence-corrected chi connectivity index (χ4v) is 2.86. The van der Waals surface area contributed by atoms with Crippen LogP contribution in [0.2, 0.25) is 0 Å². The molecule has 0 aliphatic heterocycles. The summed E-state index contributed by atoms with van der Waals surface area (Å²) in [5, 5.41) is 9.29. The standard InChI is InChI=1S/C17H17N3OS/c21-17(9-8-16-7-4-10-22-16)18-11-14-12-19-20(13-14)15-5-2-1-3-6-15/h1-7,10,12-13H,8-9,11H2,(H,18,21). The second-order valence-corrected chi connectivity index (χ2v) is 6.02. The van der Waals surface area contributed by atoms with E-state index in [0.717, 1.165) is 17.7 Å². The van der Waals surface area contributed by atoms with Crippen molar-refractivity contribution in [1.82, 2.24) is 15.1 Å². The second kappa shape index (κ2) is 7.04. The average molecular weight is 311 g/mol. The smallest absolute Gasteiger partial charge is 0.220 e. The van der Waals surface area contributed by atoms with Gasteiger partial charge < -0.3 is 5.32 Å². The molecule has 0 saturated carbocycles. The first-order chi connectivity index (χ1) is 10.8. The number of nitrogens with one attached hydrogen (secondary N) is 1. The van der Waals surface area contributed by atoms with Gasteiger partial charge in [0.1, 0.15) is 0 Å². The zero-order chi connectivity index (χ0) is 15.2. The number of amides is 1. The van der Waals surface area contributed by atoms with Crippen LogP contribution in [0.15, 0.2) is 60.2 Å². The van der Waals surface area contributed by atoms with Gasteiger partial charge in [-0.3, -0.25) is 4.79 Å². The quantitative estimate of drug-likeness (QED) is 0.760. The van der Waals surface area contributed by atoms with Crippen molar-refractivity contribution < 1.29 is 4.79 Å². The minimum atomic E-state index is 0.0702. The number of rotatable bonds is 6. The van der Waals surface area contributed by atoms with E-state index in [0.29, 0.717) is 13.0 Å². The van der Waals surface area contributed by atoms with Crippen molar-refractivity contribution in [2.24, 2.45) is 0 Å². The van der Waals surface area contributed by atoms with Gasteiger partial charge >= 0.3 is 0 Å². The van der Waals surface area contributed by atoms with E-state index < -0.39 is 0 Å². The Morgan fingerprint density at radius 2 is 2.05 bits per heavy atom. The molecule has 1 aromatic carbocycles. The Bertz CT molecular complexity index is 719. The van der Waals surface area contributed by atoms with Gasteiger partial charge in [0.15, 0.2) is 0 Å². The molecule has 0 spiro atoms. The fraction of sp³-hybridized carbons (Fsp3) is 0.176. The van der Waals surface area contributed by atoms with E-state index in [1.807, 2.05) is 52.7 Å². The lowest BCUT2D eigenvalue weighted by molar-refractivity contribution is -0.121. The molecule has 2 aromatic heterocycles. The third kappa shape index (κ3) is 3.83. The molecule has 0 aliphatic carbocycles. The summed E-state index contributed by atoms with van der Waals surface area (Å²) in [6.45, 7) is 0.510. The van der Waals surface area contributed by atoms with Crippen LogP contribution in [-0.4, -0.2) is 15.7 Å². The molecule has 0 bridgehead atoms. The van der Waals surface area contributed by atoms with E-state index in [4.69, 9.17) is 0 Å². The second-order valence-electron chi connectivity index (χ2n) is 4.98. The maximum Gasteiger partial charge on any atom is 0.220 e. The summed E-state index contributed by atoms with van der Waals surface area (Å²) >= 11 is 1.69. The number of hydrogen-bond acceptors (Lipinski definition) is 3. The SMILES string of the molecule is O=C(CCc1cccs1)NCc1cnn(-c2ccccc2)c1. The number of benzene rings is 1. The van der Waals surface area contributed by atoms with Crippen molar-refractivity contribution >= 4 is 17.2 Å². The maximum atomic E-state index is 11.9. The van der Waals surface area contributed by atoms with Gasteiger partial charge in [0, 0.05) is 29.6 Å². The molecule has 1 amide bonds. The monoisotopic (exact) mass is 311 g/mol. The lowest BCUT2D eigenvalue weighted by Crippen LogP contribution is -2.22. The molecule has 112 valence electrons. The molecule has 4 nitrogen and oxygen atoms in total. The Morgan fingerprint density at radius 1 is 1.18 bits per heavy atom. The molecule has 22 heavy (non-hydrogen) atoms. The zero-order valence-corrected chi connectivity index (χ0v) is 12.9. The molecule has 2 heterocycles. The van der Waals surface area contributed by atoms with Crippen LogP contribution in [0.25, 0.3) is 5.69 Å². The molecule has 0 unspecified atom stereocenters. The Morgan fingerprint density at radius 3 is 2.82 bits per heavy atom.